The van der Waals surface area contributed by atoms with Crippen LogP contribution < -0.4 is 15.8 Å². The molecule has 4 nitrogen and oxygen atoms in total. The van der Waals surface area contributed by atoms with Crippen molar-refractivity contribution in [3.05, 3.63) is 30.1 Å². The van der Waals surface area contributed by atoms with Gasteiger partial charge >= 0.3 is 0 Å². The molecule has 0 aliphatic heterocycles. The van der Waals surface area contributed by atoms with Crippen LogP contribution in [0.15, 0.2) is 24.3 Å². The summed E-state index contributed by atoms with van der Waals surface area (Å²) in [5, 5.41) is 2.92. The Labute approximate surface area is 124 Å². The number of nitrogens with two attached hydrogens (primary N) is 1. The van der Waals surface area contributed by atoms with Gasteiger partial charge in [-0.25, -0.2) is 4.39 Å². The molecule has 0 saturated heterocycles. The number of rotatable bonds is 5. The van der Waals surface area contributed by atoms with Gasteiger partial charge in [-0.15, -0.1) is 12.4 Å². The summed E-state index contributed by atoms with van der Waals surface area (Å²) in [5.74, 6) is -0.633. The van der Waals surface area contributed by atoms with Gasteiger partial charge < -0.3 is 15.8 Å². The van der Waals surface area contributed by atoms with E-state index in [1.54, 1.807) is 12.1 Å². The highest BCUT2D eigenvalue weighted by Crippen LogP contribution is 2.28. The van der Waals surface area contributed by atoms with Gasteiger partial charge in [0.1, 0.15) is 0 Å². The highest BCUT2D eigenvalue weighted by Gasteiger charge is 2.33. The SMILES string of the molecule is Cl.NCC1(NC(=O)COc2ccccc2F)CCCC1. The molecule has 0 radical (unpaired) electrons. The van der Waals surface area contributed by atoms with Crippen LogP contribution in [0.2, 0.25) is 0 Å². The van der Waals surface area contributed by atoms with Crippen LogP contribution in [0.5, 0.6) is 5.75 Å². The molecule has 0 unspecified atom stereocenters. The molecule has 1 aromatic carbocycles. The second-order valence-electron chi connectivity index (χ2n) is 4.96. The summed E-state index contributed by atoms with van der Waals surface area (Å²) in [5.41, 5.74) is 5.44. The van der Waals surface area contributed by atoms with Crippen molar-refractivity contribution in [3.63, 3.8) is 0 Å². The molecular formula is C14H20ClFN2O2. The third-order valence-electron chi connectivity index (χ3n) is 3.55. The Morgan fingerprint density at radius 3 is 2.60 bits per heavy atom. The zero-order valence-electron chi connectivity index (χ0n) is 11.2. The summed E-state index contributed by atoms with van der Waals surface area (Å²) in [7, 11) is 0. The Morgan fingerprint density at radius 1 is 1.35 bits per heavy atom. The average molecular weight is 303 g/mol. The van der Waals surface area contributed by atoms with E-state index < -0.39 is 5.82 Å². The molecule has 0 bridgehead atoms. The smallest absolute Gasteiger partial charge is 0.258 e. The van der Waals surface area contributed by atoms with Gasteiger partial charge in [0.25, 0.3) is 5.91 Å². The summed E-state index contributed by atoms with van der Waals surface area (Å²) in [6, 6.07) is 6.03. The maximum atomic E-state index is 13.3. The van der Waals surface area contributed by atoms with Gasteiger partial charge in [0.15, 0.2) is 18.2 Å². The molecule has 0 aromatic heterocycles. The Hall–Kier alpha value is -1.33. The van der Waals surface area contributed by atoms with Crippen molar-refractivity contribution in [2.45, 2.75) is 31.2 Å². The maximum absolute atomic E-state index is 13.3. The number of amides is 1. The minimum atomic E-state index is -0.468. The molecule has 1 fully saturated rings. The van der Waals surface area contributed by atoms with Crippen LogP contribution in [0.1, 0.15) is 25.7 Å². The second-order valence-corrected chi connectivity index (χ2v) is 4.96. The second kappa shape index (κ2) is 7.45. The van der Waals surface area contributed by atoms with Crippen LogP contribution in [0.4, 0.5) is 4.39 Å². The minimum absolute atomic E-state index is 0. The largest absolute Gasteiger partial charge is 0.481 e. The summed E-state index contributed by atoms with van der Waals surface area (Å²) < 4.78 is 18.5. The minimum Gasteiger partial charge on any atom is -0.481 e. The van der Waals surface area contributed by atoms with Gasteiger partial charge in [0.05, 0.1) is 5.54 Å². The Bertz CT molecular complexity index is 451. The van der Waals surface area contributed by atoms with Crippen molar-refractivity contribution in [2.24, 2.45) is 5.73 Å². The number of hydrogen-bond donors (Lipinski definition) is 2. The third kappa shape index (κ3) is 4.08. The molecule has 0 atom stereocenters. The predicted molar refractivity (Wildman–Crippen MR) is 77.5 cm³/mol. The van der Waals surface area contributed by atoms with Crippen molar-refractivity contribution in [1.29, 1.82) is 0 Å². The van der Waals surface area contributed by atoms with Crippen molar-refractivity contribution in [2.75, 3.05) is 13.2 Å². The van der Waals surface area contributed by atoms with Crippen molar-refractivity contribution in [3.8, 4) is 5.75 Å². The first-order valence-electron chi connectivity index (χ1n) is 6.54. The van der Waals surface area contributed by atoms with Crippen molar-refractivity contribution in [1.82, 2.24) is 5.32 Å². The highest BCUT2D eigenvalue weighted by molar-refractivity contribution is 5.85. The van der Waals surface area contributed by atoms with E-state index in [1.807, 2.05) is 0 Å². The molecule has 1 saturated carbocycles. The number of hydrogen-bond acceptors (Lipinski definition) is 3. The van der Waals surface area contributed by atoms with Crippen LogP contribution in [0.25, 0.3) is 0 Å². The lowest BCUT2D eigenvalue weighted by Gasteiger charge is -2.28. The number of benzene rings is 1. The molecule has 6 heteroatoms. The number of nitrogens with one attached hydrogen (secondary N) is 1. The van der Waals surface area contributed by atoms with Gasteiger partial charge in [-0.2, -0.15) is 0 Å². The number of para-hydroxylation sites is 1. The number of ether oxygens (including phenoxy) is 1. The van der Waals surface area contributed by atoms with Crippen molar-refractivity contribution >= 4 is 18.3 Å². The lowest BCUT2D eigenvalue weighted by atomic mass is 9.98. The van der Waals surface area contributed by atoms with Gasteiger partial charge in [-0.3, -0.25) is 4.79 Å². The average Bonchev–Trinajstić information content (AvgIpc) is 2.87. The molecule has 2 rings (SSSR count). The van der Waals surface area contributed by atoms with Crippen LogP contribution in [-0.2, 0) is 4.79 Å². The molecule has 1 aromatic rings. The van der Waals surface area contributed by atoms with E-state index in [9.17, 15) is 9.18 Å². The summed E-state index contributed by atoms with van der Waals surface area (Å²) in [6.45, 7) is 0.237. The fourth-order valence-electron chi connectivity index (χ4n) is 2.47. The molecule has 20 heavy (non-hydrogen) atoms. The van der Waals surface area contributed by atoms with E-state index >= 15 is 0 Å². The molecule has 3 N–H and O–H groups in total. The number of carbonyl (C=O) groups is 1. The number of carbonyl (C=O) groups excluding carboxylic acids is 1. The van der Waals surface area contributed by atoms with E-state index in [4.69, 9.17) is 10.5 Å². The van der Waals surface area contributed by atoms with Gasteiger partial charge in [0, 0.05) is 6.54 Å². The van der Waals surface area contributed by atoms with Crippen molar-refractivity contribution < 1.29 is 13.9 Å². The molecule has 0 spiro atoms. The van der Waals surface area contributed by atoms with Crippen LogP contribution in [0.3, 0.4) is 0 Å². The first-order chi connectivity index (χ1) is 9.15. The molecule has 1 aliphatic rings. The lowest BCUT2D eigenvalue weighted by Crippen LogP contribution is -2.52. The monoisotopic (exact) mass is 302 g/mol. The predicted octanol–water partition coefficient (Wildman–Crippen LogP) is 2.01. The van der Waals surface area contributed by atoms with Gasteiger partial charge in [-0.1, -0.05) is 25.0 Å². The van der Waals surface area contributed by atoms with Crippen LogP contribution >= 0.6 is 12.4 Å². The zero-order chi connectivity index (χ0) is 13.7. The Morgan fingerprint density at radius 2 is 2.00 bits per heavy atom. The first kappa shape index (κ1) is 16.7. The summed E-state index contributed by atoms with van der Waals surface area (Å²) in [6.07, 6.45) is 3.95. The van der Waals surface area contributed by atoms with Crippen LogP contribution in [0, 0.1) is 5.82 Å². The summed E-state index contributed by atoms with van der Waals surface area (Å²) >= 11 is 0. The van der Waals surface area contributed by atoms with Crippen LogP contribution in [-0.4, -0.2) is 24.6 Å². The third-order valence-corrected chi connectivity index (χ3v) is 3.55. The maximum Gasteiger partial charge on any atom is 0.258 e. The van der Waals surface area contributed by atoms with Gasteiger partial charge in [-0.05, 0) is 25.0 Å². The Balaban J connectivity index is 0.00000200. The zero-order valence-corrected chi connectivity index (χ0v) is 12.0. The quantitative estimate of drug-likeness (QED) is 0.874. The molecule has 1 amide bonds. The standard InChI is InChI=1S/C14H19FN2O2.ClH/c15-11-5-1-2-6-12(11)19-9-13(18)17-14(10-16)7-3-4-8-14;/h1-2,5-6H,3-4,7-10,16H2,(H,17,18);1H. The van der Waals surface area contributed by atoms with E-state index in [-0.39, 0.29) is 36.2 Å². The molecular weight excluding hydrogens is 283 g/mol. The Kier molecular flexibility index (Phi) is 6.23. The van der Waals surface area contributed by atoms with E-state index in [2.05, 4.69) is 5.32 Å². The lowest BCUT2D eigenvalue weighted by molar-refractivity contribution is -0.125. The normalized spacial score (nSPS) is 16.3. The van der Waals surface area contributed by atoms with Gasteiger partial charge in [0.2, 0.25) is 0 Å². The molecule has 0 heterocycles. The fraction of sp³-hybridized carbons (Fsp3) is 0.500. The molecule has 112 valence electrons. The van der Waals surface area contributed by atoms with E-state index in [0.717, 1.165) is 25.7 Å². The van der Waals surface area contributed by atoms with E-state index in [1.165, 1.54) is 12.1 Å². The fourth-order valence-corrected chi connectivity index (χ4v) is 2.47. The highest BCUT2D eigenvalue weighted by atomic mass is 35.5. The van der Waals surface area contributed by atoms with E-state index in [0.29, 0.717) is 6.54 Å². The first-order valence-corrected chi connectivity index (χ1v) is 6.54. The topological polar surface area (TPSA) is 64.3 Å². The number of halogens is 2. The summed E-state index contributed by atoms with van der Waals surface area (Å²) in [4.78, 5) is 11.8. The molecule has 1 aliphatic carbocycles.